The first-order chi connectivity index (χ1) is 6.12. The quantitative estimate of drug-likeness (QED) is 0.530. The number of hydrogen-bond donors (Lipinski definition) is 0. The van der Waals surface area contributed by atoms with E-state index in [4.69, 9.17) is 9.47 Å². The summed E-state index contributed by atoms with van der Waals surface area (Å²) in [7, 11) is 0. The highest BCUT2D eigenvalue weighted by Crippen LogP contribution is 2.65. The summed E-state index contributed by atoms with van der Waals surface area (Å²) in [6, 6.07) is 0. The molecule has 0 aromatic carbocycles. The largest absolute Gasteiger partial charge is 0.366 e. The van der Waals surface area contributed by atoms with Gasteiger partial charge in [0.15, 0.2) is 0 Å². The SMILES string of the molecule is CC12CC3C(CC1O2)CC1OC13C. The van der Waals surface area contributed by atoms with Crippen LogP contribution in [-0.2, 0) is 9.47 Å². The van der Waals surface area contributed by atoms with E-state index < -0.39 is 0 Å². The monoisotopic (exact) mass is 180 g/mol. The van der Waals surface area contributed by atoms with Gasteiger partial charge in [0.05, 0.1) is 23.4 Å². The molecule has 6 unspecified atom stereocenters. The number of rotatable bonds is 0. The molecule has 2 aliphatic heterocycles. The third-order valence-electron chi connectivity index (χ3n) is 4.98. The van der Waals surface area contributed by atoms with Crippen molar-refractivity contribution in [2.45, 2.75) is 56.5 Å². The van der Waals surface area contributed by atoms with Gasteiger partial charge < -0.3 is 9.47 Å². The molecule has 0 aromatic rings. The predicted octanol–water partition coefficient (Wildman–Crippen LogP) is 1.73. The third kappa shape index (κ3) is 0.701. The lowest BCUT2D eigenvalue weighted by molar-refractivity contribution is 0.108. The molecule has 6 atom stereocenters. The van der Waals surface area contributed by atoms with Crippen LogP contribution in [0, 0.1) is 11.8 Å². The van der Waals surface area contributed by atoms with Crippen molar-refractivity contribution in [3.63, 3.8) is 0 Å². The molecular formula is C11H16O2. The molecule has 0 spiro atoms. The van der Waals surface area contributed by atoms with Gasteiger partial charge in [0, 0.05) is 0 Å². The Balaban J connectivity index is 1.68. The van der Waals surface area contributed by atoms with Crippen molar-refractivity contribution < 1.29 is 9.47 Å². The lowest BCUT2D eigenvalue weighted by Gasteiger charge is -2.30. The Morgan fingerprint density at radius 1 is 1.08 bits per heavy atom. The van der Waals surface area contributed by atoms with Gasteiger partial charge in [-0.2, -0.15) is 0 Å². The molecule has 4 rings (SSSR count). The average Bonchev–Trinajstić information content (AvgIpc) is 2.87. The first-order valence-corrected chi connectivity index (χ1v) is 5.47. The number of ether oxygens (including phenoxy) is 2. The maximum Gasteiger partial charge on any atom is 0.0952 e. The van der Waals surface area contributed by atoms with Gasteiger partial charge in [-0.05, 0) is 44.9 Å². The maximum atomic E-state index is 5.77. The Morgan fingerprint density at radius 2 is 1.85 bits per heavy atom. The molecule has 0 N–H and O–H groups in total. The molecule has 2 nitrogen and oxygen atoms in total. The fourth-order valence-corrected chi connectivity index (χ4v) is 3.90. The van der Waals surface area contributed by atoms with Gasteiger partial charge in [-0.15, -0.1) is 0 Å². The molecule has 0 amide bonds. The van der Waals surface area contributed by atoms with Gasteiger partial charge in [0.25, 0.3) is 0 Å². The first kappa shape index (κ1) is 7.24. The Morgan fingerprint density at radius 3 is 2.69 bits per heavy atom. The van der Waals surface area contributed by atoms with Gasteiger partial charge in [0.2, 0.25) is 0 Å². The zero-order valence-corrected chi connectivity index (χ0v) is 8.25. The normalized spacial score (nSPS) is 72.5. The van der Waals surface area contributed by atoms with Crippen LogP contribution >= 0.6 is 0 Å². The molecule has 2 heteroatoms. The number of hydrogen-bond acceptors (Lipinski definition) is 2. The summed E-state index contributed by atoms with van der Waals surface area (Å²) in [6.45, 7) is 4.57. The summed E-state index contributed by atoms with van der Waals surface area (Å²) in [4.78, 5) is 0. The number of epoxide rings is 2. The second-order valence-electron chi connectivity index (χ2n) is 5.75. The molecule has 0 radical (unpaired) electrons. The van der Waals surface area contributed by atoms with Crippen LogP contribution in [0.15, 0.2) is 0 Å². The van der Waals surface area contributed by atoms with Crippen LogP contribution < -0.4 is 0 Å². The summed E-state index contributed by atoms with van der Waals surface area (Å²) >= 11 is 0. The molecule has 13 heavy (non-hydrogen) atoms. The van der Waals surface area contributed by atoms with E-state index in [1.807, 2.05) is 0 Å². The molecule has 2 aliphatic carbocycles. The highest BCUT2D eigenvalue weighted by Gasteiger charge is 2.71. The van der Waals surface area contributed by atoms with Gasteiger partial charge in [0.1, 0.15) is 0 Å². The molecule has 2 saturated carbocycles. The van der Waals surface area contributed by atoms with Crippen molar-refractivity contribution in [1.82, 2.24) is 0 Å². The zero-order chi connectivity index (χ0) is 8.84. The van der Waals surface area contributed by atoms with E-state index >= 15 is 0 Å². The van der Waals surface area contributed by atoms with Crippen LogP contribution in [0.1, 0.15) is 33.1 Å². The van der Waals surface area contributed by atoms with Crippen molar-refractivity contribution >= 4 is 0 Å². The molecule has 4 fully saturated rings. The molecule has 4 aliphatic rings. The molecule has 0 bridgehead atoms. The summed E-state index contributed by atoms with van der Waals surface area (Å²) in [5.74, 6) is 1.70. The van der Waals surface area contributed by atoms with Crippen molar-refractivity contribution in [2.75, 3.05) is 0 Å². The van der Waals surface area contributed by atoms with Gasteiger partial charge in [-0.3, -0.25) is 0 Å². The minimum Gasteiger partial charge on any atom is -0.366 e. The van der Waals surface area contributed by atoms with Gasteiger partial charge >= 0.3 is 0 Å². The molecule has 2 heterocycles. The summed E-state index contributed by atoms with van der Waals surface area (Å²) < 4.78 is 11.5. The lowest BCUT2D eigenvalue weighted by atomic mass is 9.73. The van der Waals surface area contributed by atoms with Crippen molar-refractivity contribution in [1.29, 1.82) is 0 Å². The highest BCUT2D eigenvalue weighted by atomic mass is 16.6. The van der Waals surface area contributed by atoms with Crippen LogP contribution in [-0.4, -0.2) is 23.4 Å². The minimum absolute atomic E-state index is 0.241. The molecule has 72 valence electrons. The van der Waals surface area contributed by atoms with E-state index in [9.17, 15) is 0 Å². The van der Waals surface area contributed by atoms with Crippen LogP contribution in [0.3, 0.4) is 0 Å². The maximum absolute atomic E-state index is 5.77. The van der Waals surface area contributed by atoms with E-state index in [2.05, 4.69) is 13.8 Å². The van der Waals surface area contributed by atoms with E-state index in [1.54, 1.807) is 0 Å². The van der Waals surface area contributed by atoms with Crippen LogP contribution in [0.4, 0.5) is 0 Å². The Kier molecular flexibility index (Phi) is 0.947. The predicted molar refractivity (Wildman–Crippen MR) is 47.4 cm³/mol. The minimum atomic E-state index is 0.241. The molecule has 0 aromatic heterocycles. The second-order valence-corrected chi connectivity index (χ2v) is 5.75. The summed E-state index contributed by atoms with van der Waals surface area (Å²) in [5.41, 5.74) is 0.496. The summed E-state index contributed by atoms with van der Waals surface area (Å²) in [6.07, 6.45) is 5.04. The third-order valence-corrected chi connectivity index (χ3v) is 4.98. The Bertz CT molecular complexity index is 290. The van der Waals surface area contributed by atoms with Gasteiger partial charge in [-0.25, -0.2) is 0 Å². The molecule has 2 saturated heterocycles. The second kappa shape index (κ2) is 1.70. The summed E-state index contributed by atoms with van der Waals surface area (Å²) in [5, 5.41) is 0. The Labute approximate surface area is 78.6 Å². The van der Waals surface area contributed by atoms with E-state index in [0.29, 0.717) is 12.2 Å². The number of fused-ring (bicyclic) bond motifs is 4. The van der Waals surface area contributed by atoms with Crippen LogP contribution in [0.5, 0.6) is 0 Å². The first-order valence-electron chi connectivity index (χ1n) is 5.47. The average molecular weight is 180 g/mol. The fraction of sp³-hybridized carbons (Fsp3) is 1.00. The zero-order valence-electron chi connectivity index (χ0n) is 8.25. The van der Waals surface area contributed by atoms with Crippen molar-refractivity contribution in [3.8, 4) is 0 Å². The van der Waals surface area contributed by atoms with E-state index in [1.165, 1.54) is 19.3 Å². The topological polar surface area (TPSA) is 25.1 Å². The standard InChI is InChI=1S/C11H16O2/c1-10-5-7-6(3-8(10)12-10)4-9-11(7,2)13-9/h6-9H,3-5H2,1-2H3. The van der Waals surface area contributed by atoms with Gasteiger partial charge in [-0.1, -0.05) is 0 Å². The van der Waals surface area contributed by atoms with E-state index in [0.717, 1.165) is 11.8 Å². The van der Waals surface area contributed by atoms with E-state index in [-0.39, 0.29) is 11.2 Å². The highest BCUT2D eigenvalue weighted by molar-refractivity contribution is 5.20. The smallest absolute Gasteiger partial charge is 0.0952 e. The lowest BCUT2D eigenvalue weighted by Crippen LogP contribution is -2.34. The Hall–Kier alpha value is -0.0800. The van der Waals surface area contributed by atoms with Crippen molar-refractivity contribution in [2.24, 2.45) is 11.8 Å². The van der Waals surface area contributed by atoms with Crippen LogP contribution in [0.25, 0.3) is 0 Å². The molecular weight excluding hydrogens is 164 g/mol. The van der Waals surface area contributed by atoms with Crippen molar-refractivity contribution in [3.05, 3.63) is 0 Å². The fourth-order valence-electron chi connectivity index (χ4n) is 3.90. The van der Waals surface area contributed by atoms with Crippen LogP contribution in [0.2, 0.25) is 0 Å².